The summed E-state index contributed by atoms with van der Waals surface area (Å²) in [5, 5.41) is 6.67. The van der Waals surface area contributed by atoms with E-state index in [0.29, 0.717) is 6.04 Å². The Hall–Kier alpha value is -0.570. The highest BCUT2D eigenvalue weighted by atomic mass is 32.1. The van der Waals surface area contributed by atoms with Gasteiger partial charge in [0.05, 0.1) is 5.69 Å². The molecule has 0 saturated carbocycles. The minimum absolute atomic E-state index is 0.531. The number of hydrogen-bond donors (Lipinski definition) is 1. The van der Waals surface area contributed by atoms with Crippen molar-refractivity contribution in [2.45, 2.75) is 53.0 Å². The zero-order valence-corrected chi connectivity index (χ0v) is 11.0. The number of aromatic nitrogens is 1. The molecule has 3 heteroatoms. The van der Waals surface area contributed by atoms with Gasteiger partial charge in [-0.1, -0.05) is 20.8 Å². The fourth-order valence-electron chi connectivity index (χ4n) is 1.40. The van der Waals surface area contributed by atoms with Crippen molar-refractivity contribution in [2.24, 2.45) is 5.92 Å². The molecule has 1 N–H and O–H groups in total. The molecule has 0 aliphatic heterocycles. The molecule has 0 fully saturated rings. The molecule has 1 rings (SSSR count). The zero-order chi connectivity index (χ0) is 11.3. The Morgan fingerprint density at radius 2 is 2.07 bits per heavy atom. The molecule has 0 saturated heterocycles. The van der Waals surface area contributed by atoms with Crippen LogP contribution in [0.1, 0.15) is 46.2 Å². The first kappa shape index (κ1) is 12.5. The number of anilines is 1. The smallest absolute Gasteiger partial charge is 0.183 e. The number of aryl methyl sites for hydroxylation is 1. The van der Waals surface area contributed by atoms with Gasteiger partial charge in [0.2, 0.25) is 0 Å². The largest absolute Gasteiger partial charge is 0.359 e. The Morgan fingerprint density at radius 3 is 2.60 bits per heavy atom. The highest BCUT2D eigenvalue weighted by Gasteiger charge is 2.06. The van der Waals surface area contributed by atoms with Crippen LogP contribution in [0.15, 0.2) is 5.38 Å². The van der Waals surface area contributed by atoms with E-state index < -0.39 is 0 Å². The van der Waals surface area contributed by atoms with Gasteiger partial charge in [-0.3, -0.25) is 0 Å². The summed E-state index contributed by atoms with van der Waals surface area (Å²) >= 11 is 1.71. The predicted octanol–water partition coefficient (Wildman–Crippen LogP) is 3.94. The first-order valence-corrected chi connectivity index (χ1v) is 6.70. The van der Waals surface area contributed by atoms with Crippen molar-refractivity contribution >= 4 is 16.5 Å². The van der Waals surface area contributed by atoms with Gasteiger partial charge >= 0.3 is 0 Å². The third kappa shape index (κ3) is 4.65. The second-order valence-electron chi connectivity index (χ2n) is 4.51. The van der Waals surface area contributed by atoms with Crippen LogP contribution in [-0.2, 0) is 6.42 Å². The third-order valence-electron chi connectivity index (χ3n) is 2.46. The third-order valence-corrected chi connectivity index (χ3v) is 3.28. The summed E-state index contributed by atoms with van der Waals surface area (Å²) in [4.78, 5) is 4.50. The normalized spacial score (nSPS) is 13.1. The van der Waals surface area contributed by atoms with E-state index in [1.165, 1.54) is 18.5 Å². The predicted molar refractivity (Wildman–Crippen MR) is 68.6 cm³/mol. The summed E-state index contributed by atoms with van der Waals surface area (Å²) in [6, 6.07) is 0.531. The molecule has 86 valence electrons. The number of rotatable bonds is 6. The molecular weight excluding hydrogens is 204 g/mol. The molecule has 1 aromatic rings. The molecule has 0 radical (unpaired) electrons. The second kappa shape index (κ2) is 6.11. The first-order valence-electron chi connectivity index (χ1n) is 5.82. The topological polar surface area (TPSA) is 24.9 Å². The molecule has 2 nitrogen and oxygen atoms in total. The van der Waals surface area contributed by atoms with E-state index in [-0.39, 0.29) is 0 Å². The fraction of sp³-hybridized carbons (Fsp3) is 0.750. The molecule has 15 heavy (non-hydrogen) atoms. The summed E-state index contributed by atoms with van der Waals surface area (Å²) in [6.45, 7) is 8.91. The average molecular weight is 226 g/mol. The van der Waals surface area contributed by atoms with E-state index in [9.17, 15) is 0 Å². The van der Waals surface area contributed by atoms with Crippen molar-refractivity contribution < 1.29 is 0 Å². The molecule has 1 aromatic heterocycles. The van der Waals surface area contributed by atoms with Gasteiger partial charge in [-0.25, -0.2) is 4.98 Å². The molecule has 0 aromatic carbocycles. The molecular formula is C12H22N2S. The van der Waals surface area contributed by atoms with Crippen LogP contribution in [0.5, 0.6) is 0 Å². The fourth-order valence-corrected chi connectivity index (χ4v) is 2.31. The van der Waals surface area contributed by atoms with Gasteiger partial charge in [-0.2, -0.15) is 0 Å². The number of nitrogens with zero attached hydrogens (tertiary/aromatic N) is 1. The molecule has 0 amide bonds. The van der Waals surface area contributed by atoms with Crippen molar-refractivity contribution in [1.82, 2.24) is 4.98 Å². The average Bonchev–Trinajstić information content (AvgIpc) is 2.62. The molecule has 0 aliphatic rings. The first-order chi connectivity index (χ1) is 7.11. The zero-order valence-electron chi connectivity index (χ0n) is 10.2. The van der Waals surface area contributed by atoms with Crippen molar-refractivity contribution in [2.75, 3.05) is 5.32 Å². The number of nitrogens with one attached hydrogen (secondary N) is 1. The van der Waals surface area contributed by atoms with Gasteiger partial charge in [-0.05, 0) is 32.1 Å². The number of thiazole rings is 1. The molecule has 0 bridgehead atoms. The lowest BCUT2D eigenvalue weighted by atomic mass is 10.0. The summed E-state index contributed by atoms with van der Waals surface area (Å²) in [7, 11) is 0. The van der Waals surface area contributed by atoms with E-state index in [4.69, 9.17) is 0 Å². The van der Waals surface area contributed by atoms with Crippen molar-refractivity contribution in [1.29, 1.82) is 0 Å². The highest BCUT2D eigenvalue weighted by molar-refractivity contribution is 7.13. The Bertz CT molecular complexity index is 281. The molecule has 0 spiro atoms. The Balaban J connectivity index is 2.33. The van der Waals surface area contributed by atoms with Crippen LogP contribution >= 0.6 is 11.3 Å². The lowest BCUT2D eigenvalue weighted by Gasteiger charge is -2.13. The number of hydrogen-bond acceptors (Lipinski definition) is 3. The Kier molecular flexibility index (Phi) is 5.09. The maximum absolute atomic E-state index is 4.50. The van der Waals surface area contributed by atoms with E-state index in [1.807, 2.05) is 0 Å². The van der Waals surface area contributed by atoms with Gasteiger partial charge in [0.25, 0.3) is 0 Å². The van der Waals surface area contributed by atoms with Crippen LogP contribution < -0.4 is 5.32 Å². The van der Waals surface area contributed by atoms with Crippen LogP contribution in [0, 0.1) is 5.92 Å². The molecule has 1 unspecified atom stereocenters. The van der Waals surface area contributed by atoms with E-state index in [1.54, 1.807) is 11.3 Å². The van der Waals surface area contributed by atoms with Crippen molar-refractivity contribution in [3.8, 4) is 0 Å². The monoisotopic (exact) mass is 226 g/mol. The standard InChI is InChI=1S/C12H22N2S/c1-5-11-8-15-12(14-11)13-10(4)7-6-9(2)3/h8-10H,5-7H2,1-4H3,(H,13,14). The van der Waals surface area contributed by atoms with E-state index in [2.05, 4.69) is 43.4 Å². The quantitative estimate of drug-likeness (QED) is 0.794. The minimum atomic E-state index is 0.531. The molecule has 1 heterocycles. The molecule has 1 atom stereocenters. The van der Waals surface area contributed by atoms with Crippen molar-refractivity contribution in [3.63, 3.8) is 0 Å². The maximum atomic E-state index is 4.50. The van der Waals surface area contributed by atoms with Crippen LogP contribution in [0.25, 0.3) is 0 Å². The van der Waals surface area contributed by atoms with Crippen LogP contribution in [0.3, 0.4) is 0 Å². The summed E-state index contributed by atoms with van der Waals surface area (Å²) in [5.74, 6) is 0.789. The van der Waals surface area contributed by atoms with Gasteiger partial charge in [0.1, 0.15) is 0 Å². The Morgan fingerprint density at radius 1 is 1.33 bits per heavy atom. The SMILES string of the molecule is CCc1csc(NC(C)CCC(C)C)n1. The maximum Gasteiger partial charge on any atom is 0.183 e. The summed E-state index contributed by atoms with van der Waals surface area (Å²) in [5.41, 5.74) is 1.19. The van der Waals surface area contributed by atoms with Crippen LogP contribution in [-0.4, -0.2) is 11.0 Å². The van der Waals surface area contributed by atoms with Crippen LogP contribution in [0.2, 0.25) is 0 Å². The highest BCUT2D eigenvalue weighted by Crippen LogP contribution is 2.18. The van der Waals surface area contributed by atoms with Gasteiger partial charge in [0.15, 0.2) is 5.13 Å². The summed E-state index contributed by atoms with van der Waals surface area (Å²) < 4.78 is 0. The van der Waals surface area contributed by atoms with Gasteiger partial charge < -0.3 is 5.32 Å². The lowest BCUT2D eigenvalue weighted by Crippen LogP contribution is -2.15. The Labute approximate surface area is 97.1 Å². The summed E-state index contributed by atoms with van der Waals surface area (Å²) in [6.07, 6.45) is 3.53. The van der Waals surface area contributed by atoms with Gasteiger partial charge in [0, 0.05) is 11.4 Å². The van der Waals surface area contributed by atoms with E-state index in [0.717, 1.165) is 17.5 Å². The second-order valence-corrected chi connectivity index (χ2v) is 5.37. The molecule has 0 aliphatic carbocycles. The van der Waals surface area contributed by atoms with Gasteiger partial charge in [-0.15, -0.1) is 11.3 Å². The van der Waals surface area contributed by atoms with E-state index >= 15 is 0 Å². The van der Waals surface area contributed by atoms with Crippen molar-refractivity contribution in [3.05, 3.63) is 11.1 Å². The van der Waals surface area contributed by atoms with Crippen LogP contribution in [0.4, 0.5) is 5.13 Å². The lowest BCUT2D eigenvalue weighted by molar-refractivity contribution is 0.527. The minimum Gasteiger partial charge on any atom is -0.359 e.